The van der Waals surface area contributed by atoms with Crippen LogP contribution in [0.25, 0.3) is 0 Å². The Kier molecular flexibility index (Phi) is 5.66. The van der Waals surface area contributed by atoms with E-state index in [1.807, 2.05) is 46.8 Å². The predicted molar refractivity (Wildman–Crippen MR) is 95.8 cm³/mol. The van der Waals surface area contributed by atoms with E-state index < -0.39 is 0 Å². The highest BCUT2D eigenvalue weighted by atomic mass is 16.5. The van der Waals surface area contributed by atoms with Crippen LogP contribution >= 0.6 is 0 Å². The number of anilines is 1. The van der Waals surface area contributed by atoms with Crippen LogP contribution in [-0.4, -0.2) is 29.3 Å². The van der Waals surface area contributed by atoms with E-state index >= 15 is 0 Å². The monoisotopic (exact) mass is 346 g/mol. The van der Waals surface area contributed by atoms with E-state index in [1.54, 1.807) is 24.1 Å². The number of urea groups is 1. The molecule has 25 heavy (non-hydrogen) atoms. The molecule has 0 aliphatic carbocycles. The van der Waals surface area contributed by atoms with Crippen LogP contribution in [0.1, 0.15) is 46.4 Å². The fourth-order valence-corrected chi connectivity index (χ4v) is 1.99. The Morgan fingerprint density at radius 1 is 1.24 bits per heavy atom. The van der Waals surface area contributed by atoms with Crippen molar-refractivity contribution in [2.75, 3.05) is 11.9 Å². The van der Waals surface area contributed by atoms with Gasteiger partial charge in [-0.2, -0.15) is 0 Å². The summed E-state index contributed by atoms with van der Waals surface area (Å²) < 4.78 is 11.3. The Bertz CT molecular complexity index is 702. The van der Waals surface area contributed by atoms with Crippen molar-refractivity contribution in [1.29, 1.82) is 0 Å². The number of hydrogen-bond acceptors (Lipinski definition) is 5. The summed E-state index contributed by atoms with van der Waals surface area (Å²) in [5.74, 6) is 1.68. The van der Waals surface area contributed by atoms with Crippen LogP contribution in [0.15, 0.2) is 28.7 Å². The van der Waals surface area contributed by atoms with E-state index in [4.69, 9.17) is 9.15 Å². The van der Waals surface area contributed by atoms with Crippen molar-refractivity contribution >= 4 is 11.7 Å². The summed E-state index contributed by atoms with van der Waals surface area (Å²) in [4.78, 5) is 13.5. The lowest BCUT2D eigenvalue weighted by atomic mass is 9.97. The van der Waals surface area contributed by atoms with Gasteiger partial charge in [0.25, 0.3) is 5.89 Å². The number of aromatic nitrogens is 2. The normalized spacial score (nSPS) is 11.5. The van der Waals surface area contributed by atoms with Gasteiger partial charge in [-0.1, -0.05) is 20.8 Å². The van der Waals surface area contributed by atoms with E-state index in [2.05, 4.69) is 15.5 Å². The molecule has 0 radical (unpaired) electrons. The summed E-state index contributed by atoms with van der Waals surface area (Å²) in [5, 5.41) is 10.9. The summed E-state index contributed by atoms with van der Waals surface area (Å²) in [6, 6.07) is 7.19. The fraction of sp³-hybridized carbons (Fsp3) is 0.500. The van der Waals surface area contributed by atoms with E-state index in [0.717, 1.165) is 5.69 Å². The first-order valence-electron chi connectivity index (χ1n) is 8.27. The molecule has 2 aromatic rings. The van der Waals surface area contributed by atoms with Crippen molar-refractivity contribution in [2.45, 2.75) is 52.7 Å². The molecule has 0 saturated carbocycles. The van der Waals surface area contributed by atoms with E-state index in [-0.39, 0.29) is 24.1 Å². The van der Waals surface area contributed by atoms with E-state index in [0.29, 0.717) is 17.5 Å². The molecule has 7 nitrogen and oxygen atoms in total. The summed E-state index contributed by atoms with van der Waals surface area (Å²) in [6.45, 7) is 10.1. The first-order valence-corrected chi connectivity index (χ1v) is 8.27. The van der Waals surface area contributed by atoms with Crippen LogP contribution in [0.2, 0.25) is 0 Å². The topological polar surface area (TPSA) is 80.5 Å². The molecular formula is C18H26N4O3. The lowest BCUT2D eigenvalue weighted by Crippen LogP contribution is -2.40. The Balaban J connectivity index is 1.94. The first kappa shape index (κ1) is 18.8. The molecule has 136 valence electrons. The third kappa shape index (κ3) is 5.20. The Labute approximate surface area is 148 Å². The molecule has 7 heteroatoms. The number of hydrogen-bond donors (Lipinski definition) is 1. The number of nitrogens with zero attached hydrogens (tertiary/aromatic N) is 3. The molecule has 0 aliphatic heterocycles. The number of carbonyl (C=O) groups is 1. The molecule has 0 spiro atoms. The van der Waals surface area contributed by atoms with Gasteiger partial charge in [0.2, 0.25) is 5.89 Å². The van der Waals surface area contributed by atoms with Gasteiger partial charge in [-0.3, -0.25) is 4.90 Å². The smallest absolute Gasteiger partial charge is 0.321 e. The average Bonchev–Trinajstić information content (AvgIpc) is 3.01. The largest absolute Gasteiger partial charge is 0.484 e. The standard InChI is InChI=1S/C18H26N4O3/c1-12(2)19-17(23)22(6)13-7-9-14(10-8-13)24-11-15-20-21-16(25-15)18(3,4)5/h7-10,12H,11H2,1-6H3,(H,19,23). The molecule has 1 N–H and O–H groups in total. The zero-order valence-electron chi connectivity index (χ0n) is 15.7. The maximum atomic E-state index is 12.0. The van der Waals surface area contributed by atoms with Crippen molar-refractivity contribution in [1.82, 2.24) is 15.5 Å². The van der Waals surface area contributed by atoms with Crippen LogP contribution in [0.3, 0.4) is 0 Å². The van der Waals surface area contributed by atoms with Crippen molar-refractivity contribution in [3.05, 3.63) is 36.0 Å². The lowest BCUT2D eigenvalue weighted by molar-refractivity contribution is 0.245. The van der Waals surface area contributed by atoms with Crippen LogP contribution in [0.4, 0.5) is 10.5 Å². The Morgan fingerprint density at radius 2 is 1.88 bits per heavy atom. The molecule has 2 amide bonds. The molecule has 0 unspecified atom stereocenters. The molecule has 0 fully saturated rings. The number of nitrogens with one attached hydrogen (secondary N) is 1. The minimum Gasteiger partial charge on any atom is -0.484 e. The quantitative estimate of drug-likeness (QED) is 0.896. The minimum absolute atomic E-state index is 0.0879. The highest BCUT2D eigenvalue weighted by Gasteiger charge is 2.21. The van der Waals surface area contributed by atoms with Gasteiger partial charge >= 0.3 is 6.03 Å². The Morgan fingerprint density at radius 3 is 2.40 bits per heavy atom. The summed E-state index contributed by atoms with van der Waals surface area (Å²) in [7, 11) is 1.72. The molecule has 1 aromatic carbocycles. The van der Waals surface area contributed by atoms with Crippen molar-refractivity contribution in [3.8, 4) is 5.75 Å². The van der Waals surface area contributed by atoms with Gasteiger partial charge in [-0.05, 0) is 38.1 Å². The van der Waals surface area contributed by atoms with Gasteiger partial charge in [0, 0.05) is 24.2 Å². The summed E-state index contributed by atoms with van der Waals surface area (Å²) >= 11 is 0. The Hall–Kier alpha value is -2.57. The van der Waals surface area contributed by atoms with E-state index in [1.165, 1.54) is 0 Å². The molecule has 0 bridgehead atoms. The average molecular weight is 346 g/mol. The van der Waals surface area contributed by atoms with Gasteiger partial charge in [0.15, 0.2) is 6.61 Å². The number of rotatable bonds is 5. The zero-order valence-corrected chi connectivity index (χ0v) is 15.7. The molecule has 0 aliphatic rings. The molecular weight excluding hydrogens is 320 g/mol. The van der Waals surface area contributed by atoms with Gasteiger partial charge in [0.05, 0.1) is 0 Å². The predicted octanol–water partition coefficient (Wildman–Crippen LogP) is 3.50. The molecule has 1 heterocycles. The van der Waals surface area contributed by atoms with Crippen molar-refractivity contribution in [2.24, 2.45) is 0 Å². The number of amides is 2. The first-order chi connectivity index (χ1) is 11.7. The lowest BCUT2D eigenvalue weighted by Gasteiger charge is -2.20. The second-order valence-corrected chi connectivity index (χ2v) is 7.20. The third-order valence-electron chi connectivity index (χ3n) is 3.41. The zero-order chi connectivity index (χ0) is 18.6. The van der Waals surface area contributed by atoms with Crippen molar-refractivity contribution < 1.29 is 13.9 Å². The van der Waals surface area contributed by atoms with Gasteiger partial charge in [0.1, 0.15) is 5.75 Å². The molecule has 0 saturated heterocycles. The SMILES string of the molecule is CC(C)NC(=O)N(C)c1ccc(OCc2nnc(C(C)(C)C)o2)cc1. The number of ether oxygens (including phenoxy) is 1. The summed E-state index contributed by atoms with van der Waals surface area (Å²) in [6.07, 6.45) is 0. The maximum Gasteiger partial charge on any atom is 0.321 e. The van der Waals surface area contributed by atoms with Crippen LogP contribution < -0.4 is 15.0 Å². The number of benzene rings is 1. The van der Waals surface area contributed by atoms with Crippen molar-refractivity contribution in [3.63, 3.8) is 0 Å². The van der Waals surface area contributed by atoms with E-state index in [9.17, 15) is 4.79 Å². The third-order valence-corrected chi connectivity index (χ3v) is 3.41. The summed E-state index contributed by atoms with van der Waals surface area (Å²) in [5.41, 5.74) is 0.590. The number of carbonyl (C=O) groups excluding carboxylic acids is 1. The molecule has 2 rings (SSSR count). The fourth-order valence-electron chi connectivity index (χ4n) is 1.99. The minimum atomic E-state index is -0.186. The van der Waals surface area contributed by atoms with Crippen LogP contribution in [-0.2, 0) is 12.0 Å². The second kappa shape index (κ2) is 7.55. The van der Waals surface area contributed by atoms with Crippen LogP contribution in [0, 0.1) is 0 Å². The molecule has 1 aromatic heterocycles. The van der Waals surface area contributed by atoms with Crippen LogP contribution in [0.5, 0.6) is 5.75 Å². The highest BCUT2D eigenvalue weighted by Crippen LogP contribution is 2.22. The second-order valence-electron chi connectivity index (χ2n) is 7.20. The van der Waals surface area contributed by atoms with Gasteiger partial charge in [-0.25, -0.2) is 4.79 Å². The van der Waals surface area contributed by atoms with Gasteiger partial charge < -0.3 is 14.5 Å². The highest BCUT2D eigenvalue weighted by molar-refractivity contribution is 5.91. The maximum absolute atomic E-state index is 12.0. The van der Waals surface area contributed by atoms with Gasteiger partial charge in [-0.15, -0.1) is 10.2 Å². The molecule has 0 atom stereocenters.